The summed E-state index contributed by atoms with van der Waals surface area (Å²) in [5, 5.41) is 10.2. The summed E-state index contributed by atoms with van der Waals surface area (Å²) in [6.45, 7) is 0. The highest BCUT2D eigenvalue weighted by Gasteiger charge is 2.11. The van der Waals surface area contributed by atoms with E-state index in [1.54, 1.807) is 29.0 Å². The molecule has 0 atom stereocenters. The van der Waals surface area contributed by atoms with Gasteiger partial charge in [-0.05, 0) is 0 Å². The van der Waals surface area contributed by atoms with Crippen LogP contribution in [-0.4, -0.2) is 24.9 Å². The summed E-state index contributed by atoms with van der Waals surface area (Å²) >= 11 is 1.60. The maximum absolute atomic E-state index is 5.42. The summed E-state index contributed by atoms with van der Waals surface area (Å²) in [5.41, 5.74) is 2.73. The topological polar surface area (TPSA) is 69.6 Å². The summed E-state index contributed by atoms with van der Waals surface area (Å²) < 4.78 is 7.16. The molecule has 0 fully saturated rings. The Bertz CT molecular complexity index is 947. The van der Waals surface area contributed by atoms with Gasteiger partial charge in [0.05, 0.1) is 17.3 Å². The summed E-state index contributed by atoms with van der Waals surface area (Å²) in [7, 11) is 1.87. The van der Waals surface area contributed by atoms with Crippen LogP contribution in [0.4, 0.5) is 0 Å². The third-order valence-corrected chi connectivity index (χ3v) is 4.51. The maximum atomic E-state index is 5.42. The van der Waals surface area contributed by atoms with Gasteiger partial charge >= 0.3 is 0 Å². The van der Waals surface area contributed by atoms with Crippen LogP contribution < -0.4 is 0 Å². The fourth-order valence-corrected chi connectivity index (χ4v) is 3.16. The molecule has 3 aromatic heterocycles. The van der Waals surface area contributed by atoms with Crippen molar-refractivity contribution in [2.24, 2.45) is 7.05 Å². The molecule has 0 unspecified atom stereocenters. The average molecular weight is 323 g/mol. The highest BCUT2D eigenvalue weighted by Crippen LogP contribution is 2.28. The third-order valence-electron chi connectivity index (χ3n) is 3.47. The molecular weight excluding hydrogens is 310 g/mol. The second kappa shape index (κ2) is 5.85. The van der Waals surface area contributed by atoms with Crippen molar-refractivity contribution in [3.8, 4) is 11.3 Å². The molecule has 0 aliphatic carbocycles. The van der Waals surface area contributed by atoms with E-state index in [4.69, 9.17) is 4.52 Å². The molecule has 0 spiro atoms. The molecule has 0 saturated carbocycles. The molecule has 7 heteroatoms. The average Bonchev–Trinajstić information content (AvgIpc) is 3.22. The van der Waals surface area contributed by atoms with Crippen LogP contribution in [0.1, 0.15) is 5.69 Å². The van der Waals surface area contributed by atoms with Crippen molar-refractivity contribution in [1.82, 2.24) is 24.9 Å². The lowest BCUT2D eigenvalue weighted by Gasteiger charge is -1.99. The molecule has 0 bridgehead atoms. The standard InChI is InChI=1S/C16H13N5OS/c1-21-15-13(8-19-21)16(18-10-17-15)23-9-12-7-14(22-20-12)11-5-3-2-4-6-11/h2-8,10H,9H2,1H3. The number of aromatic nitrogens is 5. The number of hydrogen-bond acceptors (Lipinski definition) is 6. The van der Waals surface area contributed by atoms with Crippen LogP contribution in [0.25, 0.3) is 22.4 Å². The summed E-state index contributed by atoms with van der Waals surface area (Å²) in [4.78, 5) is 8.58. The van der Waals surface area contributed by atoms with Gasteiger partial charge in [0.1, 0.15) is 11.4 Å². The Morgan fingerprint density at radius 3 is 2.91 bits per heavy atom. The fourth-order valence-electron chi connectivity index (χ4n) is 2.32. The predicted molar refractivity (Wildman–Crippen MR) is 87.8 cm³/mol. The normalized spacial score (nSPS) is 11.2. The van der Waals surface area contributed by atoms with E-state index in [1.807, 2.05) is 43.4 Å². The van der Waals surface area contributed by atoms with Gasteiger partial charge in [-0.25, -0.2) is 9.97 Å². The van der Waals surface area contributed by atoms with Gasteiger partial charge in [-0.1, -0.05) is 47.3 Å². The summed E-state index contributed by atoms with van der Waals surface area (Å²) in [6, 6.07) is 11.9. The van der Waals surface area contributed by atoms with Gasteiger partial charge in [0.15, 0.2) is 11.4 Å². The number of nitrogens with zero attached hydrogens (tertiary/aromatic N) is 5. The van der Waals surface area contributed by atoms with Crippen molar-refractivity contribution < 1.29 is 4.52 Å². The van der Waals surface area contributed by atoms with Crippen molar-refractivity contribution in [3.05, 3.63) is 54.6 Å². The summed E-state index contributed by atoms with van der Waals surface area (Å²) in [5.74, 6) is 1.45. The molecule has 0 radical (unpaired) electrons. The lowest BCUT2D eigenvalue weighted by atomic mass is 10.2. The van der Waals surface area contributed by atoms with Crippen LogP contribution in [0, 0.1) is 0 Å². The Balaban J connectivity index is 1.54. The minimum atomic E-state index is 0.678. The minimum absolute atomic E-state index is 0.678. The molecule has 6 nitrogen and oxygen atoms in total. The number of aryl methyl sites for hydroxylation is 1. The SMILES string of the molecule is Cn1ncc2c(SCc3cc(-c4ccccc4)on3)ncnc21. The van der Waals surface area contributed by atoms with Gasteiger partial charge in [0, 0.05) is 24.4 Å². The molecule has 23 heavy (non-hydrogen) atoms. The maximum Gasteiger partial charge on any atom is 0.167 e. The largest absolute Gasteiger partial charge is 0.356 e. The third kappa shape index (κ3) is 2.70. The van der Waals surface area contributed by atoms with Crippen LogP contribution in [0.15, 0.2) is 58.5 Å². The smallest absolute Gasteiger partial charge is 0.167 e. The van der Waals surface area contributed by atoms with Gasteiger partial charge in [-0.2, -0.15) is 5.10 Å². The van der Waals surface area contributed by atoms with E-state index in [9.17, 15) is 0 Å². The van der Waals surface area contributed by atoms with Crippen LogP contribution >= 0.6 is 11.8 Å². The monoisotopic (exact) mass is 323 g/mol. The number of thioether (sulfide) groups is 1. The van der Waals surface area contributed by atoms with Crippen molar-refractivity contribution in [2.45, 2.75) is 10.8 Å². The van der Waals surface area contributed by atoms with Crippen molar-refractivity contribution in [3.63, 3.8) is 0 Å². The molecule has 0 N–H and O–H groups in total. The van der Waals surface area contributed by atoms with Gasteiger partial charge < -0.3 is 4.52 Å². The van der Waals surface area contributed by atoms with E-state index in [1.165, 1.54) is 0 Å². The summed E-state index contributed by atoms with van der Waals surface area (Å²) in [6.07, 6.45) is 3.35. The van der Waals surface area contributed by atoms with Gasteiger partial charge in [0.25, 0.3) is 0 Å². The fraction of sp³-hybridized carbons (Fsp3) is 0.125. The van der Waals surface area contributed by atoms with Crippen LogP contribution in [-0.2, 0) is 12.8 Å². The zero-order valence-electron chi connectivity index (χ0n) is 12.4. The van der Waals surface area contributed by atoms with Gasteiger partial charge in [0.2, 0.25) is 0 Å². The van der Waals surface area contributed by atoms with Crippen molar-refractivity contribution >= 4 is 22.8 Å². The highest BCUT2D eigenvalue weighted by atomic mass is 32.2. The predicted octanol–water partition coefficient (Wildman–Crippen LogP) is 3.31. The Morgan fingerprint density at radius 2 is 2.04 bits per heavy atom. The van der Waals surface area contributed by atoms with Crippen molar-refractivity contribution in [1.29, 1.82) is 0 Å². The molecule has 4 aromatic rings. The number of hydrogen-bond donors (Lipinski definition) is 0. The highest BCUT2D eigenvalue weighted by molar-refractivity contribution is 7.98. The van der Waals surface area contributed by atoms with Crippen molar-refractivity contribution in [2.75, 3.05) is 0 Å². The zero-order valence-corrected chi connectivity index (χ0v) is 13.2. The van der Waals surface area contributed by atoms with E-state index in [2.05, 4.69) is 20.2 Å². The first kappa shape index (κ1) is 14.0. The van der Waals surface area contributed by atoms with E-state index in [0.29, 0.717) is 5.75 Å². The zero-order chi connectivity index (χ0) is 15.6. The lowest BCUT2D eigenvalue weighted by Crippen LogP contribution is -1.93. The molecular formula is C16H13N5OS. The van der Waals surface area contributed by atoms with Crippen LogP contribution in [0.5, 0.6) is 0 Å². The second-order valence-electron chi connectivity index (χ2n) is 5.02. The Labute approximate surface area is 136 Å². The minimum Gasteiger partial charge on any atom is -0.356 e. The van der Waals surface area contributed by atoms with Crippen LogP contribution in [0.2, 0.25) is 0 Å². The van der Waals surface area contributed by atoms with E-state index < -0.39 is 0 Å². The van der Waals surface area contributed by atoms with E-state index in [-0.39, 0.29) is 0 Å². The van der Waals surface area contributed by atoms with Gasteiger partial charge in [-0.15, -0.1) is 0 Å². The quantitative estimate of drug-likeness (QED) is 0.424. The molecule has 1 aromatic carbocycles. The second-order valence-corrected chi connectivity index (χ2v) is 5.99. The first-order chi connectivity index (χ1) is 11.3. The van der Waals surface area contributed by atoms with E-state index in [0.717, 1.165) is 33.1 Å². The van der Waals surface area contributed by atoms with E-state index >= 15 is 0 Å². The molecule has 0 aliphatic heterocycles. The molecule has 4 rings (SSSR count). The lowest BCUT2D eigenvalue weighted by molar-refractivity contribution is 0.426. The van der Waals surface area contributed by atoms with Crippen LogP contribution in [0.3, 0.4) is 0 Å². The first-order valence-electron chi connectivity index (χ1n) is 7.08. The number of rotatable bonds is 4. The Kier molecular flexibility index (Phi) is 3.55. The Morgan fingerprint density at radius 1 is 1.17 bits per heavy atom. The number of benzene rings is 1. The molecule has 0 saturated heterocycles. The molecule has 114 valence electrons. The first-order valence-corrected chi connectivity index (χ1v) is 8.06. The molecule has 3 heterocycles. The number of fused-ring (bicyclic) bond motifs is 1. The Hall–Kier alpha value is -2.67. The molecule has 0 amide bonds. The molecule has 0 aliphatic rings. The van der Waals surface area contributed by atoms with Gasteiger partial charge in [-0.3, -0.25) is 4.68 Å².